The Morgan fingerprint density at radius 1 is 1.15 bits per heavy atom. The van der Waals surface area contributed by atoms with E-state index in [4.69, 9.17) is 0 Å². The summed E-state index contributed by atoms with van der Waals surface area (Å²) in [7, 11) is 2.01. The van der Waals surface area contributed by atoms with Crippen molar-refractivity contribution in [1.82, 2.24) is 9.55 Å². The summed E-state index contributed by atoms with van der Waals surface area (Å²) < 4.78 is 3.15. The minimum atomic E-state index is 0.152. The van der Waals surface area contributed by atoms with E-state index in [9.17, 15) is 0 Å². The highest BCUT2D eigenvalue weighted by Crippen LogP contribution is 2.31. The van der Waals surface area contributed by atoms with Crippen LogP contribution in [0.1, 0.15) is 18.8 Å². The Balaban J connectivity index is 1.99. The Morgan fingerprint density at radius 2 is 1.90 bits per heavy atom. The van der Waals surface area contributed by atoms with E-state index in [1.807, 2.05) is 24.0 Å². The fourth-order valence-corrected chi connectivity index (χ4v) is 2.96. The molecule has 0 aliphatic carbocycles. The lowest BCUT2D eigenvalue weighted by Gasteiger charge is -2.17. The Bertz CT molecular complexity index is 748. The van der Waals surface area contributed by atoms with Crippen LogP contribution in [0.2, 0.25) is 0 Å². The van der Waals surface area contributed by atoms with E-state index >= 15 is 0 Å². The van der Waals surface area contributed by atoms with Gasteiger partial charge in [-0.25, -0.2) is 4.98 Å². The number of aryl methyl sites for hydroxylation is 1. The number of hydrogen-bond donors (Lipinski definition) is 1. The molecule has 1 aromatic heterocycles. The predicted molar refractivity (Wildman–Crippen MR) is 86.9 cm³/mol. The van der Waals surface area contributed by atoms with Gasteiger partial charge >= 0.3 is 0 Å². The van der Waals surface area contributed by atoms with Gasteiger partial charge in [0.2, 0.25) is 0 Å². The number of rotatable bonds is 3. The number of nitrogens with zero attached hydrogens (tertiary/aromatic N) is 2. The van der Waals surface area contributed by atoms with Gasteiger partial charge in [-0.1, -0.05) is 40.2 Å². The topological polar surface area (TPSA) is 29.9 Å². The maximum atomic E-state index is 4.40. The van der Waals surface area contributed by atoms with Gasteiger partial charge in [-0.2, -0.15) is 0 Å². The third-order valence-corrected chi connectivity index (χ3v) is 4.18. The molecule has 1 heterocycles. The number of nitrogens with one attached hydrogen (secondary N) is 1. The zero-order chi connectivity index (χ0) is 14.1. The summed E-state index contributed by atoms with van der Waals surface area (Å²) in [6.07, 6.45) is 3.79. The molecule has 102 valence electrons. The van der Waals surface area contributed by atoms with Crippen LogP contribution in [0.5, 0.6) is 0 Å². The molecule has 1 N–H and O–H groups in total. The molecule has 0 spiro atoms. The van der Waals surface area contributed by atoms with Gasteiger partial charge in [0, 0.05) is 35.0 Å². The monoisotopic (exact) mass is 329 g/mol. The van der Waals surface area contributed by atoms with E-state index in [1.54, 1.807) is 0 Å². The first-order chi connectivity index (χ1) is 9.66. The van der Waals surface area contributed by atoms with Gasteiger partial charge in [0.1, 0.15) is 5.82 Å². The summed E-state index contributed by atoms with van der Waals surface area (Å²) in [4.78, 5) is 4.40. The van der Waals surface area contributed by atoms with E-state index in [0.717, 1.165) is 16.0 Å². The highest BCUT2D eigenvalue weighted by atomic mass is 79.9. The maximum Gasteiger partial charge on any atom is 0.130 e. The van der Waals surface area contributed by atoms with E-state index in [0.29, 0.717) is 0 Å². The highest BCUT2D eigenvalue weighted by Gasteiger charge is 2.12. The van der Waals surface area contributed by atoms with Gasteiger partial charge in [0.15, 0.2) is 0 Å². The maximum absolute atomic E-state index is 4.40. The lowest BCUT2D eigenvalue weighted by atomic mass is 10.1. The molecular weight excluding hydrogens is 314 g/mol. The van der Waals surface area contributed by atoms with Crippen molar-refractivity contribution in [1.29, 1.82) is 0 Å². The largest absolute Gasteiger partial charge is 0.375 e. The van der Waals surface area contributed by atoms with Crippen molar-refractivity contribution in [3.05, 3.63) is 59.1 Å². The molecule has 2 aromatic carbocycles. The van der Waals surface area contributed by atoms with Crippen molar-refractivity contribution in [2.45, 2.75) is 13.0 Å². The van der Waals surface area contributed by atoms with E-state index in [-0.39, 0.29) is 6.04 Å². The minimum absolute atomic E-state index is 0.152. The second-order valence-electron chi connectivity index (χ2n) is 4.90. The zero-order valence-electron chi connectivity index (χ0n) is 11.5. The van der Waals surface area contributed by atoms with E-state index in [2.05, 4.69) is 69.6 Å². The van der Waals surface area contributed by atoms with E-state index in [1.165, 1.54) is 10.8 Å². The number of benzene rings is 2. The Hall–Kier alpha value is -1.81. The second-order valence-corrected chi connectivity index (χ2v) is 5.76. The smallest absolute Gasteiger partial charge is 0.130 e. The summed E-state index contributed by atoms with van der Waals surface area (Å²) in [5.41, 5.74) is 1.12. The average molecular weight is 330 g/mol. The van der Waals surface area contributed by atoms with Gasteiger partial charge in [0.05, 0.1) is 6.04 Å². The predicted octanol–water partition coefficient (Wildman–Crippen LogP) is 4.51. The number of hydrogen-bond acceptors (Lipinski definition) is 2. The molecule has 0 radical (unpaired) electrons. The molecule has 0 aliphatic rings. The van der Waals surface area contributed by atoms with Crippen LogP contribution in [0.15, 0.2) is 53.3 Å². The normalized spacial score (nSPS) is 12.6. The number of anilines is 1. The fourth-order valence-electron chi connectivity index (χ4n) is 2.48. The molecule has 1 unspecified atom stereocenters. The first-order valence-electron chi connectivity index (χ1n) is 6.58. The van der Waals surface area contributed by atoms with Crippen molar-refractivity contribution < 1.29 is 0 Å². The van der Waals surface area contributed by atoms with E-state index < -0.39 is 0 Å². The number of halogens is 1. The molecule has 0 saturated heterocycles. The standard InChI is InChI=1S/C16H16BrN3/c1-11(16-18-9-10-20(16)2)19-15-8-7-14(17)12-5-3-4-6-13(12)15/h3-11,19H,1-2H3. The SMILES string of the molecule is CC(Nc1ccc(Br)c2ccccc12)c1nccn1C. The molecule has 0 fully saturated rings. The molecule has 0 saturated carbocycles. The van der Waals surface area contributed by atoms with Crippen LogP contribution in [-0.2, 0) is 7.05 Å². The Morgan fingerprint density at radius 3 is 2.60 bits per heavy atom. The third kappa shape index (κ3) is 2.31. The van der Waals surface area contributed by atoms with Crippen molar-refractivity contribution >= 4 is 32.4 Å². The summed E-state index contributed by atoms with van der Waals surface area (Å²) in [5, 5.41) is 5.97. The van der Waals surface area contributed by atoms with Crippen molar-refractivity contribution in [3.8, 4) is 0 Å². The van der Waals surface area contributed by atoms with Crippen LogP contribution in [0.25, 0.3) is 10.8 Å². The van der Waals surface area contributed by atoms with Gasteiger partial charge in [-0.15, -0.1) is 0 Å². The minimum Gasteiger partial charge on any atom is -0.375 e. The number of aromatic nitrogens is 2. The van der Waals surface area contributed by atoms with Crippen LogP contribution < -0.4 is 5.32 Å². The molecule has 4 heteroatoms. The van der Waals surface area contributed by atoms with Crippen LogP contribution in [-0.4, -0.2) is 9.55 Å². The number of imidazole rings is 1. The Kier molecular flexibility index (Phi) is 3.49. The molecule has 0 aliphatic heterocycles. The zero-order valence-corrected chi connectivity index (χ0v) is 13.1. The molecule has 3 aromatic rings. The van der Waals surface area contributed by atoms with Crippen molar-refractivity contribution in [2.75, 3.05) is 5.32 Å². The van der Waals surface area contributed by atoms with Crippen LogP contribution in [0.3, 0.4) is 0 Å². The number of fused-ring (bicyclic) bond motifs is 1. The highest BCUT2D eigenvalue weighted by molar-refractivity contribution is 9.10. The first kappa shape index (κ1) is 13.2. The van der Waals surface area contributed by atoms with Crippen LogP contribution in [0, 0.1) is 0 Å². The summed E-state index contributed by atoms with van der Waals surface area (Å²) in [6, 6.07) is 12.7. The first-order valence-corrected chi connectivity index (χ1v) is 7.37. The second kappa shape index (κ2) is 5.29. The molecule has 1 atom stereocenters. The Labute approximate surface area is 126 Å². The van der Waals surface area contributed by atoms with Crippen molar-refractivity contribution in [2.24, 2.45) is 7.05 Å². The lowest BCUT2D eigenvalue weighted by Crippen LogP contribution is -2.12. The average Bonchev–Trinajstić information content (AvgIpc) is 2.88. The summed E-state index contributed by atoms with van der Waals surface area (Å²) >= 11 is 3.60. The molecule has 0 bridgehead atoms. The molecule has 3 rings (SSSR count). The molecule has 3 nitrogen and oxygen atoms in total. The van der Waals surface area contributed by atoms with Crippen LogP contribution >= 0.6 is 15.9 Å². The molecule has 20 heavy (non-hydrogen) atoms. The summed E-state index contributed by atoms with van der Waals surface area (Å²) in [5.74, 6) is 1.02. The van der Waals surface area contributed by atoms with Gasteiger partial charge < -0.3 is 9.88 Å². The van der Waals surface area contributed by atoms with Crippen LogP contribution in [0.4, 0.5) is 5.69 Å². The van der Waals surface area contributed by atoms with Crippen molar-refractivity contribution in [3.63, 3.8) is 0 Å². The molecular formula is C16H16BrN3. The van der Waals surface area contributed by atoms with Gasteiger partial charge in [-0.05, 0) is 24.4 Å². The lowest BCUT2D eigenvalue weighted by molar-refractivity contribution is 0.722. The molecule has 0 amide bonds. The van der Waals surface area contributed by atoms with Gasteiger partial charge in [-0.3, -0.25) is 0 Å². The third-order valence-electron chi connectivity index (χ3n) is 3.49. The fraction of sp³-hybridized carbons (Fsp3) is 0.188. The summed E-state index contributed by atoms with van der Waals surface area (Å²) in [6.45, 7) is 2.12. The van der Waals surface area contributed by atoms with Gasteiger partial charge in [0.25, 0.3) is 0 Å². The quantitative estimate of drug-likeness (QED) is 0.766.